The molecule has 94 valence electrons. The molecular weight excluding hydrogens is 218 g/mol. The molecule has 2 aliphatic rings. The van der Waals surface area contributed by atoms with Gasteiger partial charge in [-0.1, -0.05) is 11.6 Å². The van der Waals surface area contributed by atoms with Gasteiger partial charge >= 0.3 is 0 Å². The van der Waals surface area contributed by atoms with Crippen LogP contribution < -0.4 is 5.32 Å². The van der Waals surface area contributed by atoms with E-state index < -0.39 is 0 Å². The van der Waals surface area contributed by atoms with Crippen molar-refractivity contribution < 1.29 is 9.26 Å². The number of rotatable bonds is 2. The molecule has 0 saturated carbocycles. The van der Waals surface area contributed by atoms with E-state index in [2.05, 4.69) is 15.5 Å². The van der Waals surface area contributed by atoms with Gasteiger partial charge in [-0.3, -0.25) is 0 Å². The first-order valence-corrected chi connectivity index (χ1v) is 6.58. The van der Waals surface area contributed by atoms with Crippen LogP contribution in [0.15, 0.2) is 4.52 Å². The molecule has 5 nitrogen and oxygen atoms in total. The minimum atomic E-state index is 0.259. The molecular formula is C12H19N3O2. The molecule has 1 N–H and O–H groups in total. The van der Waals surface area contributed by atoms with Crippen LogP contribution in [0.25, 0.3) is 0 Å². The second kappa shape index (κ2) is 5.14. The van der Waals surface area contributed by atoms with Crippen LogP contribution in [0.3, 0.4) is 0 Å². The van der Waals surface area contributed by atoms with Crippen molar-refractivity contribution in [2.24, 2.45) is 0 Å². The van der Waals surface area contributed by atoms with Crippen molar-refractivity contribution in [1.82, 2.24) is 15.5 Å². The molecule has 0 radical (unpaired) electrons. The second-order valence-corrected chi connectivity index (χ2v) is 4.91. The largest absolute Gasteiger partial charge is 0.381 e. The molecule has 2 aliphatic heterocycles. The summed E-state index contributed by atoms with van der Waals surface area (Å²) in [6.07, 6.45) is 5.78. The molecule has 0 amide bonds. The fraction of sp³-hybridized carbons (Fsp3) is 0.833. The van der Waals surface area contributed by atoms with E-state index in [0.29, 0.717) is 5.92 Å². The van der Waals surface area contributed by atoms with Crippen LogP contribution in [-0.2, 0) is 4.74 Å². The highest BCUT2D eigenvalue weighted by molar-refractivity contribution is 5.00. The zero-order valence-electron chi connectivity index (χ0n) is 10.0. The van der Waals surface area contributed by atoms with Gasteiger partial charge in [0.1, 0.15) is 0 Å². The number of hydrogen-bond acceptors (Lipinski definition) is 5. The summed E-state index contributed by atoms with van der Waals surface area (Å²) in [6.45, 7) is 2.65. The first-order chi connectivity index (χ1) is 8.43. The third-order valence-electron chi connectivity index (χ3n) is 3.59. The average molecular weight is 237 g/mol. The maximum absolute atomic E-state index is 5.45. The number of nitrogens with one attached hydrogen (secondary N) is 1. The number of ether oxygens (including phenoxy) is 1. The molecule has 1 aromatic rings. The van der Waals surface area contributed by atoms with Gasteiger partial charge in [0.2, 0.25) is 5.89 Å². The van der Waals surface area contributed by atoms with Crippen LogP contribution >= 0.6 is 0 Å². The Labute approximate surface area is 101 Å². The molecule has 3 heterocycles. The van der Waals surface area contributed by atoms with Crippen molar-refractivity contribution in [2.45, 2.75) is 44.1 Å². The van der Waals surface area contributed by atoms with E-state index in [-0.39, 0.29) is 6.04 Å². The zero-order valence-corrected chi connectivity index (χ0v) is 10.0. The SMILES string of the molecule is C1CC[C@@H](c2nc(C3CCCOC3)no2)NC1. The summed E-state index contributed by atoms with van der Waals surface area (Å²) >= 11 is 0. The smallest absolute Gasteiger partial charge is 0.243 e. The van der Waals surface area contributed by atoms with Gasteiger partial charge in [0.25, 0.3) is 0 Å². The van der Waals surface area contributed by atoms with Crippen molar-refractivity contribution in [3.05, 3.63) is 11.7 Å². The van der Waals surface area contributed by atoms with Gasteiger partial charge in [-0.2, -0.15) is 4.98 Å². The summed E-state index contributed by atoms with van der Waals surface area (Å²) in [5.74, 6) is 1.90. The van der Waals surface area contributed by atoms with Gasteiger partial charge in [0.15, 0.2) is 5.82 Å². The van der Waals surface area contributed by atoms with Crippen molar-refractivity contribution in [3.63, 3.8) is 0 Å². The monoisotopic (exact) mass is 237 g/mol. The van der Waals surface area contributed by atoms with E-state index in [1.54, 1.807) is 0 Å². The van der Waals surface area contributed by atoms with Crippen LogP contribution in [0, 0.1) is 0 Å². The Morgan fingerprint density at radius 1 is 1.18 bits per heavy atom. The van der Waals surface area contributed by atoms with Crippen LogP contribution in [0.1, 0.15) is 55.8 Å². The molecule has 2 fully saturated rings. The van der Waals surface area contributed by atoms with Gasteiger partial charge in [-0.15, -0.1) is 0 Å². The van der Waals surface area contributed by atoms with Crippen LogP contribution in [0.5, 0.6) is 0 Å². The van der Waals surface area contributed by atoms with Crippen molar-refractivity contribution in [1.29, 1.82) is 0 Å². The van der Waals surface area contributed by atoms with E-state index in [4.69, 9.17) is 9.26 Å². The molecule has 0 bridgehead atoms. The van der Waals surface area contributed by atoms with E-state index in [9.17, 15) is 0 Å². The summed E-state index contributed by atoms with van der Waals surface area (Å²) < 4.78 is 10.8. The first kappa shape index (κ1) is 11.2. The van der Waals surface area contributed by atoms with Gasteiger partial charge < -0.3 is 14.6 Å². The van der Waals surface area contributed by atoms with Gasteiger partial charge in [-0.25, -0.2) is 0 Å². The zero-order chi connectivity index (χ0) is 11.5. The van der Waals surface area contributed by atoms with Gasteiger partial charge in [-0.05, 0) is 32.2 Å². The fourth-order valence-corrected chi connectivity index (χ4v) is 2.56. The molecule has 0 aromatic carbocycles. The quantitative estimate of drug-likeness (QED) is 0.849. The van der Waals surface area contributed by atoms with E-state index >= 15 is 0 Å². The maximum atomic E-state index is 5.45. The molecule has 17 heavy (non-hydrogen) atoms. The van der Waals surface area contributed by atoms with E-state index in [1.165, 1.54) is 12.8 Å². The normalized spacial score (nSPS) is 30.4. The average Bonchev–Trinajstić information content (AvgIpc) is 2.90. The predicted octanol–water partition coefficient (Wildman–Crippen LogP) is 1.78. The Morgan fingerprint density at radius 2 is 2.18 bits per heavy atom. The fourth-order valence-electron chi connectivity index (χ4n) is 2.56. The van der Waals surface area contributed by atoms with Crippen molar-refractivity contribution in [3.8, 4) is 0 Å². The van der Waals surface area contributed by atoms with E-state index in [0.717, 1.165) is 50.7 Å². The van der Waals surface area contributed by atoms with Crippen molar-refractivity contribution >= 4 is 0 Å². The Morgan fingerprint density at radius 3 is 2.94 bits per heavy atom. The summed E-state index contributed by atoms with van der Waals surface area (Å²) in [6, 6.07) is 0.259. The lowest BCUT2D eigenvalue weighted by Crippen LogP contribution is -2.27. The minimum Gasteiger partial charge on any atom is -0.381 e. The van der Waals surface area contributed by atoms with Crippen LogP contribution in [0.2, 0.25) is 0 Å². The molecule has 2 atom stereocenters. The molecule has 0 spiro atoms. The lowest BCUT2D eigenvalue weighted by atomic mass is 10.0. The number of hydrogen-bond donors (Lipinski definition) is 1. The highest BCUT2D eigenvalue weighted by atomic mass is 16.5. The molecule has 0 aliphatic carbocycles. The molecule has 1 unspecified atom stereocenters. The third-order valence-corrected chi connectivity index (χ3v) is 3.59. The molecule has 5 heteroatoms. The highest BCUT2D eigenvalue weighted by Gasteiger charge is 2.25. The molecule has 2 saturated heterocycles. The number of piperidine rings is 1. The minimum absolute atomic E-state index is 0.259. The van der Waals surface area contributed by atoms with E-state index in [1.807, 2.05) is 0 Å². The van der Waals surface area contributed by atoms with Gasteiger partial charge in [0, 0.05) is 12.5 Å². The second-order valence-electron chi connectivity index (χ2n) is 4.91. The van der Waals surface area contributed by atoms with Gasteiger partial charge in [0.05, 0.1) is 12.6 Å². The Hall–Kier alpha value is -0.940. The summed E-state index contributed by atoms with van der Waals surface area (Å²) in [4.78, 5) is 4.54. The number of nitrogens with zero attached hydrogens (tertiary/aromatic N) is 2. The predicted molar refractivity (Wildman–Crippen MR) is 61.7 cm³/mol. The number of aromatic nitrogens is 2. The van der Waals surface area contributed by atoms with Crippen LogP contribution in [0.4, 0.5) is 0 Å². The van der Waals surface area contributed by atoms with Crippen LogP contribution in [-0.4, -0.2) is 29.9 Å². The maximum Gasteiger partial charge on any atom is 0.243 e. The lowest BCUT2D eigenvalue weighted by Gasteiger charge is -2.20. The highest BCUT2D eigenvalue weighted by Crippen LogP contribution is 2.26. The summed E-state index contributed by atoms with van der Waals surface area (Å²) in [5.41, 5.74) is 0. The Kier molecular flexibility index (Phi) is 3.38. The Balaban J connectivity index is 1.68. The summed E-state index contributed by atoms with van der Waals surface area (Å²) in [7, 11) is 0. The standard InChI is InChI=1S/C12H19N3O2/c1-2-6-13-10(5-1)12-14-11(15-17-12)9-4-3-7-16-8-9/h9-10,13H,1-8H2/t9?,10-/m0/s1. The molecule has 1 aromatic heterocycles. The lowest BCUT2D eigenvalue weighted by molar-refractivity contribution is 0.0773. The summed E-state index contributed by atoms with van der Waals surface area (Å²) in [5, 5.41) is 7.53. The first-order valence-electron chi connectivity index (χ1n) is 6.58. The Bertz CT molecular complexity index is 322. The third kappa shape index (κ3) is 2.50. The molecule has 3 rings (SSSR count). The van der Waals surface area contributed by atoms with Crippen molar-refractivity contribution in [2.75, 3.05) is 19.8 Å². The topological polar surface area (TPSA) is 60.2 Å².